The van der Waals surface area contributed by atoms with Crippen LogP contribution in [0.4, 0.5) is 5.69 Å². The fourth-order valence-corrected chi connectivity index (χ4v) is 4.05. The molecule has 1 aliphatic heterocycles. The maximum Gasteiger partial charge on any atom is 0.125 e. The summed E-state index contributed by atoms with van der Waals surface area (Å²) in [7, 11) is 0. The summed E-state index contributed by atoms with van der Waals surface area (Å²) in [5.41, 5.74) is 4.01. The molecule has 2 aromatic rings. The number of hydrogen-bond donors (Lipinski definition) is 2. The maximum atomic E-state index is 10.8. The van der Waals surface area contributed by atoms with Crippen LogP contribution >= 0.6 is 23.4 Å². The molecule has 1 atom stereocenters. The van der Waals surface area contributed by atoms with Gasteiger partial charge in [0.05, 0.1) is 5.69 Å². The standard InChI is InChI=1S/C18H20ClNOS/c1-10-7-12(16(21)13(8-10)18(2,3)4)17-20-14-9-11(19)5-6-15(14)22-17/h5-9,17,20-21H,1-4H3. The smallest absolute Gasteiger partial charge is 0.125 e. The average molecular weight is 334 g/mol. The molecule has 0 aliphatic carbocycles. The Morgan fingerprint density at radius 2 is 1.91 bits per heavy atom. The van der Waals surface area contributed by atoms with E-state index in [1.165, 1.54) is 0 Å². The van der Waals surface area contributed by atoms with Crippen molar-refractivity contribution in [2.75, 3.05) is 5.32 Å². The largest absolute Gasteiger partial charge is 0.507 e. The topological polar surface area (TPSA) is 32.3 Å². The first-order valence-corrected chi connectivity index (χ1v) is 8.58. The van der Waals surface area contributed by atoms with Crippen LogP contribution < -0.4 is 5.32 Å². The molecule has 2 aromatic carbocycles. The van der Waals surface area contributed by atoms with Gasteiger partial charge in [0.1, 0.15) is 11.1 Å². The van der Waals surface area contributed by atoms with Crippen molar-refractivity contribution in [2.45, 2.75) is 43.4 Å². The molecule has 0 radical (unpaired) electrons. The zero-order valence-corrected chi connectivity index (χ0v) is 14.8. The number of fused-ring (bicyclic) bond motifs is 1. The van der Waals surface area contributed by atoms with Crippen molar-refractivity contribution in [3.8, 4) is 5.75 Å². The molecule has 2 N–H and O–H groups in total. The van der Waals surface area contributed by atoms with Crippen molar-refractivity contribution in [1.82, 2.24) is 0 Å². The number of anilines is 1. The number of hydrogen-bond acceptors (Lipinski definition) is 3. The molecule has 0 saturated carbocycles. The number of aryl methyl sites for hydroxylation is 1. The van der Waals surface area contributed by atoms with Crippen molar-refractivity contribution in [1.29, 1.82) is 0 Å². The molecular formula is C18H20ClNOS. The van der Waals surface area contributed by atoms with E-state index >= 15 is 0 Å². The molecule has 1 heterocycles. The highest BCUT2D eigenvalue weighted by atomic mass is 35.5. The lowest BCUT2D eigenvalue weighted by Crippen LogP contribution is -2.14. The summed E-state index contributed by atoms with van der Waals surface area (Å²) in [5.74, 6) is 0.391. The van der Waals surface area contributed by atoms with Crippen LogP contribution in [0.2, 0.25) is 5.02 Å². The van der Waals surface area contributed by atoms with Gasteiger partial charge in [0, 0.05) is 15.5 Å². The van der Waals surface area contributed by atoms with E-state index in [1.807, 2.05) is 18.2 Å². The first-order valence-electron chi connectivity index (χ1n) is 7.32. The molecular weight excluding hydrogens is 314 g/mol. The molecule has 22 heavy (non-hydrogen) atoms. The van der Waals surface area contributed by atoms with Crippen LogP contribution in [0, 0.1) is 6.92 Å². The minimum atomic E-state index is -0.0930. The normalized spacial score (nSPS) is 17.2. The molecule has 0 amide bonds. The summed E-state index contributed by atoms with van der Waals surface area (Å²) in [6.07, 6.45) is 0. The fourth-order valence-electron chi connectivity index (χ4n) is 2.74. The second-order valence-electron chi connectivity index (χ2n) is 6.78. The summed E-state index contributed by atoms with van der Waals surface area (Å²) >= 11 is 7.77. The number of nitrogens with one attached hydrogen (secondary N) is 1. The van der Waals surface area contributed by atoms with Gasteiger partial charge in [0.25, 0.3) is 0 Å². The molecule has 0 fully saturated rings. The molecule has 0 spiro atoms. The molecule has 2 nitrogen and oxygen atoms in total. The zero-order chi connectivity index (χ0) is 16.1. The van der Waals surface area contributed by atoms with Gasteiger partial charge in [0.2, 0.25) is 0 Å². The van der Waals surface area contributed by atoms with Gasteiger partial charge in [-0.15, -0.1) is 0 Å². The minimum absolute atomic E-state index is 0.00877. The highest BCUT2D eigenvalue weighted by Gasteiger charge is 2.29. The molecule has 0 bridgehead atoms. The van der Waals surface area contributed by atoms with Gasteiger partial charge in [-0.1, -0.05) is 55.8 Å². The lowest BCUT2D eigenvalue weighted by molar-refractivity contribution is 0.440. The van der Waals surface area contributed by atoms with Crippen LogP contribution in [0.3, 0.4) is 0 Å². The van der Waals surface area contributed by atoms with Crippen molar-refractivity contribution in [2.24, 2.45) is 0 Å². The maximum absolute atomic E-state index is 10.8. The SMILES string of the molecule is Cc1cc(C2Nc3cc(Cl)ccc3S2)c(O)c(C(C)(C)C)c1. The van der Waals surface area contributed by atoms with Gasteiger partial charge in [-0.3, -0.25) is 0 Å². The van der Waals surface area contributed by atoms with Crippen molar-refractivity contribution in [3.63, 3.8) is 0 Å². The summed E-state index contributed by atoms with van der Waals surface area (Å²) in [6.45, 7) is 8.43. The minimum Gasteiger partial charge on any atom is -0.507 e. The van der Waals surface area contributed by atoms with Crippen LogP contribution in [0.25, 0.3) is 0 Å². The monoisotopic (exact) mass is 333 g/mol. The first kappa shape index (κ1) is 15.6. The predicted octanol–water partition coefficient (Wildman–Crippen LogP) is 5.87. The second-order valence-corrected chi connectivity index (χ2v) is 8.37. The van der Waals surface area contributed by atoms with Gasteiger partial charge in [0.15, 0.2) is 0 Å². The van der Waals surface area contributed by atoms with Gasteiger partial charge in [-0.2, -0.15) is 0 Å². The van der Waals surface area contributed by atoms with E-state index in [1.54, 1.807) is 11.8 Å². The van der Waals surface area contributed by atoms with Gasteiger partial charge in [-0.25, -0.2) is 0 Å². The third-order valence-corrected chi connectivity index (χ3v) is 5.30. The van der Waals surface area contributed by atoms with E-state index in [0.717, 1.165) is 32.3 Å². The van der Waals surface area contributed by atoms with E-state index < -0.39 is 0 Å². The zero-order valence-electron chi connectivity index (χ0n) is 13.2. The van der Waals surface area contributed by atoms with E-state index in [-0.39, 0.29) is 10.8 Å². The van der Waals surface area contributed by atoms with Gasteiger partial charge >= 0.3 is 0 Å². The summed E-state index contributed by atoms with van der Waals surface area (Å²) < 4.78 is 0. The highest BCUT2D eigenvalue weighted by Crippen LogP contribution is 2.50. The molecule has 3 rings (SSSR count). The number of thioether (sulfide) groups is 1. The average Bonchev–Trinajstić information content (AvgIpc) is 2.82. The predicted molar refractivity (Wildman–Crippen MR) is 95.2 cm³/mol. The lowest BCUT2D eigenvalue weighted by Gasteiger charge is -2.24. The third kappa shape index (κ3) is 2.80. The number of phenols is 1. The summed E-state index contributed by atoms with van der Waals surface area (Å²) in [4.78, 5) is 1.16. The Morgan fingerprint density at radius 1 is 1.18 bits per heavy atom. The molecule has 1 aliphatic rings. The van der Waals surface area contributed by atoms with E-state index in [2.05, 4.69) is 45.1 Å². The van der Waals surface area contributed by atoms with Crippen LogP contribution in [0.1, 0.15) is 42.8 Å². The number of phenolic OH excluding ortho intramolecular Hbond substituents is 1. The Hall–Kier alpha value is -1.32. The van der Waals surface area contributed by atoms with E-state index in [9.17, 15) is 5.11 Å². The molecule has 0 saturated heterocycles. The molecule has 1 unspecified atom stereocenters. The lowest BCUT2D eigenvalue weighted by atomic mass is 9.84. The Labute approximate surface area is 140 Å². The first-order chi connectivity index (χ1) is 10.3. The van der Waals surface area contributed by atoms with Gasteiger partial charge in [-0.05, 0) is 42.2 Å². The van der Waals surface area contributed by atoms with Crippen LogP contribution in [-0.4, -0.2) is 5.11 Å². The highest BCUT2D eigenvalue weighted by molar-refractivity contribution is 8.00. The van der Waals surface area contributed by atoms with Crippen molar-refractivity contribution < 1.29 is 5.11 Å². The second kappa shape index (κ2) is 5.39. The number of benzene rings is 2. The quantitative estimate of drug-likeness (QED) is 0.684. The Kier molecular flexibility index (Phi) is 3.82. The van der Waals surface area contributed by atoms with Crippen molar-refractivity contribution in [3.05, 3.63) is 52.0 Å². The van der Waals surface area contributed by atoms with Crippen LogP contribution in [0.5, 0.6) is 5.75 Å². The Morgan fingerprint density at radius 3 is 2.59 bits per heavy atom. The summed E-state index contributed by atoms with van der Waals surface area (Å²) in [6, 6.07) is 9.98. The Bertz CT molecular complexity index is 737. The molecule has 116 valence electrons. The van der Waals surface area contributed by atoms with Gasteiger partial charge < -0.3 is 10.4 Å². The Balaban J connectivity index is 2.02. The number of halogens is 1. The van der Waals surface area contributed by atoms with E-state index in [4.69, 9.17) is 11.6 Å². The van der Waals surface area contributed by atoms with Crippen LogP contribution in [0.15, 0.2) is 35.2 Å². The number of aromatic hydroxyl groups is 1. The van der Waals surface area contributed by atoms with E-state index in [0.29, 0.717) is 5.75 Å². The van der Waals surface area contributed by atoms with Crippen LogP contribution in [-0.2, 0) is 5.41 Å². The molecule has 4 heteroatoms. The fraction of sp³-hybridized carbons (Fsp3) is 0.333. The van der Waals surface area contributed by atoms with Crippen molar-refractivity contribution >= 4 is 29.1 Å². The summed E-state index contributed by atoms with van der Waals surface area (Å²) in [5, 5.41) is 14.9. The number of rotatable bonds is 1. The molecule has 0 aromatic heterocycles. The third-order valence-electron chi connectivity index (χ3n) is 3.85.